The Labute approximate surface area is 113 Å². The van der Waals surface area contributed by atoms with Gasteiger partial charge in [0.25, 0.3) is 0 Å². The molecule has 100 valence electrons. The van der Waals surface area contributed by atoms with Gasteiger partial charge in [-0.25, -0.2) is 4.98 Å². The molecule has 0 fully saturated rings. The van der Waals surface area contributed by atoms with E-state index < -0.39 is 0 Å². The normalized spacial score (nSPS) is 10.2. The molecule has 0 aliphatic carbocycles. The first-order valence-electron chi connectivity index (χ1n) is 6.33. The Hall–Kier alpha value is -2.07. The predicted octanol–water partition coefficient (Wildman–Crippen LogP) is 2.98. The second kappa shape index (κ2) is 6.75. The SMILES string of the molecule is Cc1ccc(Oc2ccc(NCCCO)cc2)nc1. The summed E-state index contributed by atoms with van der Waals surface area (Å²) < 4.78 is 5.64. The molecule has 2 N–H and O–H groups in total. The molecule has 0 saturated carbocycles. The van der Waals surface area contributed by atoms with E-state index in [2.05, 4.69) is 10.3 Å². The number of aryl methyl sites for hydroxylation is 1. The van der Waals surface area contributed by atoms with Crippen LogP contribution in [0.3, 0.4) is 0 Å². The van der Waals surface area contributed by atoms with Gasteiger partial charge in [0, 0.05) is 31.1 Å². The van der Waals surface area contributed by atoms with Crippen LogP contribution in [0.2, 0.25) is 0 Å². The minimum absolute atomic E-state index is 0.202. The Bertz CT molecular complexity index is 495. The van der Waals surface area contributed by atoms with E-state index in [4.69, 9.17) is 9.84 Å². The lowest BCUT2D eigenvalue weighted by molar-refractivity contribution is 0.292. The number of rotatable bonds is 6. The summed E-state index contributed by atoms with van der Waals surface area (Å²) in [5.74, 6) is 1.34. The Morgan fingerprint density at radius 3 is 2.58 bits per heavy atom. The molecule has 19 heavy (non-hydrogen) atoms. The summed E-state index contributed by atoms with van der Waals surface area (Å²) in [4.78, 5) is 4.19. The third-order valence-corrected chi connectivity index (χ3v) is 2.62. The summed E-state index contributed by atoms with van der Waals surface area (Å²) in [5.41, 5.74) is 2.12. The number of nitrogens with one attached hydrogen (secondary N) is 1. The van der Waals surface area contributed by atoms with Gasteiger partial charge in [-0.15, -0.1) is 0 Å². The van der Waals surface area contributed by atoms with Gasteiger partial charge in [-0.2, -0.15) is 0 Å². The Balaban J connectivity index is 1.92. The lowest BCUT2D eigenvalue weighted by Gasteiger charge is -2.07. The van der Waals surface area contributed by atoms with Gasteiger partial charge in [0.05, 0.1) is 0 Å². The van der Waals surface area contributed by atoms with Gasteiger partial charge in [0.1, 0.15) is 5.75 Å². The number of anilines is 1. The molecule has 4 heteroatoms. The average molecular weight is 258 g/mol. The number of hydrogen-bond donors (Lipinski definition) is 2. The van der Waals surface area contributed by atoms with E-state index >= 15 is 0 Å². The first-order chi connectivity index (χ1) is 9.28. The largest absolute Gasteiger partial charge is 0.439 e. The summed E-state index contributed by atoms with van der Waals surface area (Å²) in [5, 5.41) is 11.9. The number of benzene rings is 1. The maximum atomic E-state index is 8.71. The molecule has 0 radical (unpaired) electrons. The number of aromatic nitrogens is 1. The first-order valence-corrected chi connectivity index (χ1v) is 6.33. The zero-order chi connectivity index (χ0) is 13.5. The van der Waals surface area contributed by atoms with Gasteiger partial charge in [0.15, 0.2) is 0 Å². The van der Waals surface area contributed by atoms with E-state index in [0.29, 0.717) is 5.88 Å². The first kappa shape index (κ1) is 13.4. The Morgan fingerprint density at radius 2 is 1.95 bits per heavy atom. The topological polar surface area (TPSA) is 54.4 Å². The van der Waals surface area contributed by atoms with Gasteiger partial charge >= 0.3 is 0 Å². The fourth-order valence-electron chi connectivity index (χ4n) is 1.59. The smallest absolute Gasteiger partial charge is 0.219 e. The lowest BCUT2D eigenvalue weighted by Crippen LogP contribution is -2.02. The molecule has 0 spiro atoms. The minimum atomic E-state index is 0.202. The second-order valence-electron chi connectivity index (χ2n) is 4.30. The number of aliphatic hydroxyl groups is 1. The fourth-order valence-corrected chi connectivity index (χ4v) is 1.59. The standard InChI is InChI=1S/C15H18N2O2/c1-12-3-8-15(17-11-12)19-14-6-4-13(5-7-14)16-9-2-10-18/h3-8,11,16,18H,2,9-10H2,1H3. The van der Waals surface area contributed by atoms with E-state index in [-0.39, 0.29) is 6.61 Å². The van der Waals surface area contributed by atoms with Crippen LogP contribution in [0.5, 0.6) is 11.6 Å². The van der Waals surface area contributed by atoms with E-state index in [0.717, 1.165) is 30.0 Å². The molecule has 1 heterocycles. The van der Waals surface area contributed by atoms with Crippen molar-refractivity contribution >= 4 is 5.69 Å². The van der Waals surface area contributed by atoms with Crippen LogP contribution < -0.4 is 10.1 Å². The van der Waals surface area contributed by atoms with E-state index in [1.165, 1.54) is 0 Å². The van der Waals surface area contributed by atoms with E-state index in [1.807, 2.05) is 43.3 Å². The third kappa shape index (κ3) is 4.26. The van der Waals surface area contributed by atoms with Crippen LogP contribution in [0.25, 0.3) is 0 Å². The average Bonchev–Trinajstić information content (AvgIpc) is 2.44. The molecule has 0 atom stereocenters. The lowest BCUT2D eigenvalue weighted by atomic mass is 10.3. The molecular formula is C15H18N2O2. The van der Waals surface area contributed by atoms with Crippen molar-refractivity contribution in [1.82, 2.24) is 4.98 Å². The van der Waals surface area contributed by atoms with Gasteiger partial charge in [-0.1, -0.05) is 6.07 Å². The van der Waals surface area contributed by atoms with Crippen LogP contribution in [0, 0.1) is 6.92 Å². The molecule has 2 rings (SSSR count). The molecule has 0 unspecified atom stereocenters. The van der Waals surface area contributed by atoms with Crippen LogP contribution in [-0.4, -0.2) is 23.2 Å². The highest BCUT2D eigenvalue weighted by atomic mass is 16.5. The summed E-state index contributed by atoms with van der Waals surface area (Å²) in [6.45, 7) is 2.95. The van der Waals surface area contributed by atoms with Crippen LogP contribution >= 0.6 is 0 Å². The molecule has 1 aromatic heterocycles. The predicted molar refractivity (Wildman–Crippen MR) is 75.7 cm³/mol. The number of aliphatic hydroxyl groups excluding tert-OH is 1. The van der Waals surface area contributed by atoms with Crippen molar-refractivity contribution < 1.29 is 9.84 Å². The highest BCUT2D eigenvalue weighted by molar-refractivity contribution is 5.46. The van der Waals surface area contributed by atoms with Crippen molar-refractivity contribution in [3.05, 3.63) is 48.2 Å². The van der Waals surface area contributed by atoms with Gasteiger partial charge in [-0.3, -0.25) is 0 Å². The number of ether oxygens (including phenoxy) is 1. The summed E-state index contributed by atoms with van der Waals surface area (Å²) in [6.07, 6.45) is 2.52. The number of hydrogen-bond acceptors (Lipinski definition) is 4. The Kier molecular flexibility index (Phi) is 4.75. The Morgan fingerprint density at radius 1 is 1.16 bits per heavy atom. The molecule has 0 aliphatic rings. The monoisotopic (exact) mass is 258 g/mol. The van der Waals surface area contributed by atoms with Crippen molar-refractivity contribution in [2.24, 2.45) is 0 Å². The van der Waals surface area contributed by atoms with E-state index in [9.17, 15) is 0 Å². The maximum Gasteiger partial charge on any atom is 0.219 e. The van der Waals surface area contributed by atoms with Gasteiger partial charge < -0.3 is 15.2 Å². The van der Waals surface area contributed by atoms with Crippen molar-refractivity contribution in [2.45, 2.75) is 13.3 Å². The van der Waals surface area contributed by atoms with Crippen LogP contribution in [-0.2, 0) is 0 Å². The van der Waals surface area contributed by atoms with Crippen LogP contribution in [0.1, 0.15) is 12.0 Å². The highest BCUT2D eigenvalue weighted by Crippen LogP contribution is 2.21. The van der Waals surface area contributed by atoms with E-state index in [1.54, 1.807) is 6.20 Å². The molecule has 0 aliphatic heterocycles. The molecule has 1 aromatic carbocycles. The zero-order valence-electron chi connectivity index (χ0n) is 11.0. The molecule has 4 nitrogen and oxygen atoms in total. The summed E-state index contributed by atoms with van der Waals surface area (Å²) in [6, 6.07) is 11.5. The maximum absolute atomic E-state index is 8.71. The third-order valence-electron chi connectivity index (χ3n) is 2.62. The summed E-state index contributed by atoms with van der Waals surface area (Å²) in [7, 11) is 0. The van der Waals surface area contributed by atoms with Gasteiger partial charge in [0.2, 0.25) is 5.88 Å². The fraction of sp³-hybridized carbons (Fsp3) is 0.267. The van der Waals surface area contributed by atoms with Crippen molar-refractivity contribution in [3.63, 3.8) is 0 Å². The van der Waals surface area contributed by atoms with Crippen LogP contribution in [0.4, 0.5) is 5.69 Å². The van der Waals surface area contributed by atoms with Crippen molar-refractivity contribution in [2.75, 3.05) is 18.5 Å². The zero-order valence-corrected chi connectivity index (χ0v) is 11.0. The number of nitrogens with zero attached hydrogens (tertiary/aromatic N) is 1. The van der Waals surface area contributed by atoms with Gasteiger partial charge in [-0.05, 0) is 43.2 Å². The van der Waals surface area contributed by atoms with Crippen molar-refractivity contribution in [1.29, 1.82) is 0 Å². The molecule has 0 amide bonds. The minimum Gasteiger partial charge on any atom is -0.439 e. The molecule has 0 saturated heterocycles. The van der Waals surface area contributed by atoms with Crippen molar-refractivity contribution in [3.8, 4) is 11.6 Å². The quantitative estimate of drug-likeness (QED) is 0.782. The molecular weight excluding hydrogens is 240 g/mol. The highest BCUT2D eigenvalue weighted by Gasteiger charge is 1.98. The second-order valence-corrected chi connectivity index (χ2v) is 4.30. The summed E-state index contributed by atoms with van der Waals surface area (Å²) >= 11 is 0. The molecule has 2 aromatic rings. The van der Waals surface area contributed by atoms with Crippen LogP contribution in [0.15, 0.2) is 42.6 Å². The number of pyridine rings is 1. The molecule has 0 bridgehead atoms.